The van der Waals surface area contributed by atoms with Gasteiger partial charge < -0.3 is 35.2 Å². The second-order valence-electron chi connectivity index (χ2n) is 3.52. The summed E-state index contributed by atoms with van der Waals surface area (Å²) in [7, 11) is 0. The van der Waals surface area contributed by atoms with Crippen molar-refractivity contribution in [2.24, 2.45) is 5.41 Å². The van der Waals surface area contributed by atoms with Crippen molar-refractivity contribution in [2.75, 3.05) is 19.8 Å². The molecule has 7 nitrogen and oxygen atoms in total. The molecule has 21 heavy (non-hydrogen) atoms. The summed E-state index contributed by atoms with van der Waals surface area (Å²) in [5.41, 5.74) is -0.667. The Bertz CT molecular complexity index is 158. The summed E-state index contributed by atoms with van der Waals surface area (Å²) < 4.78 is 0. The molecule has 0 atom stereocenters. The van der Waals surface area contributed by atoms with Crippen molar-refractivity contribution in [1.29, 1.82) is 0 Å². The Morgan fingerprint density at radius 1 is 1.00 bits per heavy atom. The van der Waals surface area contributed by atoms with Gasteiger partial charge >= 0.3 is 29.6 Å². The molecule has 0 aromatic rings. The maximum atomic E-state index is 9.40. The average Bonchev–Trinajstić information content (AvgIpc) is 2.47. The van der Waals surface area contributed by atoms with E-state index in [1.807, 2.05) is 20.6 Å². The van der Waals surface area contributed by atoms with Gasteiger partial charge in [-0.3, -0.25) is 0 Å². The molecule has 0 aromatic heterocycles. The van der Waals surface area contributed by atoms with Gasteiger partial charge in [-0.1, -0.05) is 13.8 Å². The van der Waals surface area contributed by atoms with E-state index >= 15 is 0 Å². The fourth-order valence-electron chi connectivity index (χ4n) is 0.603. The number of aldehydes is 2. The van der Waals surface area contributed by atoms with Crippen molar-refractivity contribution >= 4 is 19.4 Å². The van der Waals surface area contributed by atoms with Crippen LogP contribution in [0.4, 0.5) is 0 Å². The third-order valence-electron chi connectivity index (χ3n) is 2.16. The van der Waals surface area contributed by atoms with E-state index in [1.165, 1.54) is 6.92 Å². The van der Waals surface area contributed by atoms with Gasteiger partial charge in [-0.2, -0.15) is 0 Å². The monoisotopic (exact) mass is 320 g/mol. The smallest absolute Gasteiger partial charge is 0.870 e. The van der Waals surface area contributed by atoms with Crippen molar-refractivity contribution in [3.05, 3.63) is 0 Å². The standard InChI is InChI=1S/C6H14O3.C4H8O.C2H4O.CH2O.Na.H2O/c1-2-6(3-7,4-8)5-9;1-2-3-4-5;1-2-3;1-2;;/h7-9H,2-5H2,1H3;4H,2-3H2,1H3;2H,1H3;1H2;;1H2/q;;;;+1;/p-1. The van der Waals surface area contributed by atoms with E-state index in [0.717, 1.165) is 19.0 Å². The second kappa shape index (κ2) is 36.8. The first-order valence-corrected chi connectivity index (χ1v) is 6.02. The number of carbonyl (C=O) groups excluding carboxylic acids is 3. The van der Waals surface area contributed by atoms with Crippen molar-refractivity contribution in [2.45, 2.75) is 40.0 Å². The normalized spacial score (nSPS) is 7.71. The quantitative estimate of drug-likeness (QED) is 0.354. The SMILES string of the molecule is C=O.CC=O.CCC(CO)(CO)CO.CCCC=O.[Na+].[OH-]. The van der Waals surface area contributed by atoms with Crippen molar-refractivity contribution in [3.63, 3.8) is 0 Å². The largest absolute Gasteiger partial charge is 1.00 e. The molecule has 0 unspecified atom stereocenters. The Labute approximate surface area is 149 Å². The molecule has 4 N–H and O–H groups in total. The van der Waals surface area contributed by atoms with Gasteiger partial charge in [-0.05, 0) is 19.8 Å². The zero-order chi connectivity index (χ0) is 16.2. The minimum atomic E-state index is -0.667. The summed E-state index contributed by atoms with van der Waals surface area (Å²) >= 11 is 0. The molecule has 0 heterocycles. The summed E-state index contributed by atoms with van der Waals surface area (Å²) in [5.74, 6) is 0. The van der Waals surface area contributed by atoms with Crippen LogP contribution in [0.25, 0.3) is 0 Å². The van der Waals surface area contributed by atoms with Gasteiger partial charge in [0.25, 0.3) is 0 Å². The molecule has 8 heteroatoms. The van der Waals surface area contributed by atoms with Crippen LogP contribution in [0, 0.1) is 5.41 Å². The molecular formula is C13H29NaO7. The molecule has 0 radical (unpaired) electrons. The minimum absolute atomic E-state index is 0. The predicted octanol–water partition coefficient (Wildman–Crippen LogP) is -2.81. The van der Waals surface area contributed by atoms with Gasteiger partial charge in [0.2, 0.25) is 0 Å². The van der Waals surface area contributed by atoms with Crippen molar-refractivity contribution < 1.29 is 64.7 Å². The molecule has 0 spiro atoms. The number of hydrogen-bond acceptors (Lipinski definition) is 7. The number of aliphatic hydroxyl groups is 3. The topological polar surface area (TPSA) is 142 Å². The zero-order valence-corrected chi connectivity index (χ0v) is 15.6. The maximum absolute atomic E-state index is 9.40. The van der Waals surface area contributed by atoms with E-state index in [2.05, 4.69) is 0 Å². The van der Waals surface area contributed by atoms with E-state index in [9.17, 15) is 4.79 Å². The van der Waals surface area contributed by atoms with E-state index < -0.39 is 5.41 Å². The van der Waals surface area contributed by atoms with Crippen LogP contribution >= 0.6 is 0 Å². The van der Waals surface area contributed by atoms with Gasteiger partial charge in [-0.15, -0.1) is 0 Å². The number of carbonyl (C=O) groups is 3. The van der Waals surface area contributed by atoms with Crippen LogP contribution in [0.15, 0.2) is 0 Å². The predicted molar refractivity (Wildman–Crippen MR) is 75.7 cm³/mol. The van der Waals surface area contributed by atoms with Crippen LogP contribution in [0.1, 0.15) is 40.0 Å². The van der Waals surface area contributed by atoms with E-state index in [0.29, 0.717) is 12.8 Å². The molecule has 0 aliphatic heterocycles. The first-order chi connectivity index (χ1) is 9.07. The molecule has 0 amide bonds. The van der Waals surface area contributed by atoms with Gasteiger partial charge in [0.1, 0.15) is 19.4 Å². The number of hydrogen-bond donors (Lipinski definition) is 3. The average molecular weight is 320 g/mol. The molecule has 124 valence electrons. The molecule has 0 bridgehead atoms. The number of unbranched alkanes of at least 4 members (excludes halogenated alkanes) is 1. The molecule has 0 aliphatic rings. The molecule has 0 saturated carbocycles. The van der Waals surface area contributed by atoms with Gasteiger partial charge in [-0.25, -0.2) is 0 Å². The Kier molecular flexibility index (Phi) is 65.2. The first kappa shape index (κ1) is 37.3. The molecule has 0 aromatic carbocycles. The Morgan fingerprint density at radius 2 is 1.29 bits per heavy atom. The number of rotatable bonds is 6. The van der Waals surface area contributed by atoms with Crippen LogP contribution < -0.4 is 29.6 Å². The van der Waals surface area contributed by atoms with E-state index in [-0.39, 0.29) is 54.9 Å². The second-order valence-corrected chi connectivity index (χ2v) is 3.52. The molecule has 0 fully saturated rings. The van der Waals surface area contributed by atoms with Crippen LogP contribution in [-0.2, 0) is 14.4 Å². The Morgan fingerprint density at radius 3 is 1.29 bits per heavy atom. The zero-order valence-electron chi connectivity index (χ0n) is 13.6. The molecular weight excluding hydrogens is 291 g/mol. The van der Waals surface area contributed by atoms with Crippen LogP contribution in [-0.4, -0.2) is 60.0 Å². The van der Waals surface area contributed by atoms with E-state index in [1.54, 1.807) is 0 Å². The van der Waals surface area contributed by atoms with Crippen molar-refractivity contribution in [1.82, 2.24) is 0 Å². The first-order valence-electron chi connectivity index (χ1n) is 6.02. The maximum Gasteiger partial charge on any atom is 1.00 e. The van der Waals surface area contributed by atoms with Crippen LogP contribution in [0.5, 0.6) is 0 Å². The molecule has 0 saturated heterocycles. The molecule has 0 rings (SSSR count). The fourth-order valence-corrected chi connectivity index (χ4v) is 0.603. The number of aliphatic hydroxyl groups excluding tert-OH is 3. The van der Waals surface area contributed by atoms with Crippen LogP contribution in [0.3, 0.4) is 0 Å². The summed E-state index contributed by atoms with van der Waals surface area (Å²) in [6.45, 7) is 6.78. The Hall–Kier alpha value is -0.150. The minimum Gasteiger partial charge on any atom is -0.870 e. The summed E-state index contributed by atoms with van der Waals surface area (Å²) in [5, 5.41) is 26.0. The Balaban J connectivity index is -0.0000000405. The van der Waals surface area contributed by atoms with Gasteiger partial charge in [0.05, 0.1) is 19.8 Å². The summed E-state index contributed by atoms with van der Waals surface area (Å²) in [6, 6.07) is 0. The van der Waals surface area contributed by atoms with Gasteiger partial charge in [0, 0.05) is 11.8 Å². The van der Waals surface area contributed by atoms with Gasteiger partial charge in [0.15, 0.2) is 0 Å². The summed E-state index contributed by atoms with van der Waals surface area (Å²) in [6.07, 6.45) is 3.96. The summed E-state index contributed by atoms with van der Waals surface area (Å²) in [4.78, 5) is 26.2. The van der Waals surface area contributed by atoms with Crippen molar-refractivity contribution in [3.8, 4) is 0 Å². The fraction of sp³-hybridized carbons (Fsp3) is 0.769. The molecule has 0 aliphatic carbocycles. The third-order valence-corrected chi connectivity index (χ3v) is 2.16. The van der Waals surface area contributed by atoms with E-state index in [4.69, 9.17) is 24.9 Å². The third kappa shape index (κ3) is 33.0. The van der Waals surface area contributed by atoms with Crippen LogP contribution in [0.2, 0.25) is 0 Å².